The van der Waals surface area contributed by atoms with E-state index in [0.717, 1.165) is 38.5 Å². The van der Waals surface area contributed by atoms with E-state index in [4.69, 9.17) is 24.8 Å². The van der Waals surface area contributed by atoms with Crippen molar-refractivity contribution in [1.29, 1.82) is 0 Å². The highest BCUT2D eigenvalue weighted by molar-refractivity contribution is 7.47. The number of esters is 2. The molecule has 0 rings (SSSR count). The molecule has 0 aromatic carbocycles. The predicted molar refractivity (Wildman–Crippen MR) is 255 cm³/mol. The van der Waals surface area contributed by atoms with Gasteiger partial charge in [-0.1, -0.05) is 176 Å². The molecule has 2 unspecified atom stereocenters. The maximum Gasteiger partial charge on any atom is 0.472 e. The first kappa shape index (κ1) is 59.6. The fourth-order valence-corrected chi connectivity index (χ4v) is 6.77. The molecule has 13 heteroatoms. The number of carbonyl (C=O) groups is 3. The van der Waals surface area contributed by atoms with Crippen molar-refractivity contribution in [3.63, 3.8) is 0 Å². The Morgan fingerprint density at radius 2 is 1.11 bits per heavy atom. The van der Waals surface area contributed by atoms with Crippen LogP contribution in [0.5, 0.6) is 0 Å². The molecule has 0 fully saturated rings. The number of aliphatic carboxylic acids is 1. The maximum absolute atomic E-state index is 12.6. The van der Waals surface area contributed by atoms with E-state index in [1.165, 1.54) is 83.5 Å². The van der Waals surface area contributed by atoms with Crippen LogP contribution in [0.15, 0.2) is 85.1 Å². The number of hydrogen-bond acceptors (Lipinski definition) is 10. The topological polar surface area (TPSA) is 192 Å². The minimum absolute atomic E-state index is 0.0163. The molecule has 0 radical (unpaired) electrons. The van der Waals surface area contributed by atoms with Gasteiger partial charge in [0.15, 0.2) is 6.10 Å². The van der Waals surface area contributed by atoms with Gasteiger partial charge in [-0.2, -0.15) is 0 Å². The van der Waals surface area contributed by atoms with Crippen LogP contribution in [-0.4, -0.2) is 71.1 Å². The largest absolute Gasteiger partial charge is 0.480 e. The van der Waals surface area contributed by atoms with Crippen molar-refractivity contribution in [2.75, 3.05) is 19.8 Å². The number of ether oxygens (including phenoxy) is 2. The molecular weight excluding hydrogens is 822 g/mol. The third kappa shape index (κ3) is 43.6. The zero-order chi connectivity index (χ0) is 46.5. The highest BCUT2D eigenvalue weighted by Crippen LogP contribution is 2.43. The molecule has 0 bridgehead atoms. The second-order valence-corrected chi connectivity index (χ2v) is 17.2. The van der Waals surface area contributed by atoms with Crippen molar-refractivity contribution in [3.8, 4) is 0 Å². The van der Waals surface area contributed by atoms with Crippen LogP contribution in [0.4, 0.5) is 0 Å². The van der Waals surface area contributed by atoms with Crippen LogP contribution in [0.2, 0.25) is 0 Å². The SMILES string of the molecule is CC/C=C\CC(O)/C=C/C=C/C/C=C\C/C=C\C/C=C\CCC(=O)O[C@H](COC(=O)CCCCCCCCCCC/C=C\CCCCCCCC)COP(=O)(O)OC[C@H](N)C(=O)O. The molecule has 0 aromatic heterocycles. The summed E-state index contributed by atoms with van der Waals surface area (Å²) in [5.41, 5.74) is 5.33. The Balaban J connectivity index is 4.47. The van der Waals surface area contributed by atoms with Crippen molar-refractivity contribution in [1.82, 2.24) is 0 Å². The van der Waals surface area contributed by atoms with Crippen molar-refractivity contribution in [2.45, 2.75) is 193 Å². The molecule has 0 aromatic rings. The Hall–Kier alpha value is -3.38. The molecule has 12 nitrogen and oxygen atoms in total. The Labute approximate surface area is 380 Å². The number of phosphoric acid groups is 1. The number of unbranched alkanes of at least 4 members (excludes halogenated alkanes) is 15. The minimum atomic E-state index is -4.75. The van der Waals surface area contributed by atoms with E-state index in [1.54, 1.807) is 6.08 Å². The number of phosphoric ester groups is 1. The van der Waals surface area contributed by atoms with E-state index < -0.39 is 63.8 Å². The number of hydrogen-bond donors (Lipinski definition) is 4. The highest BCUT2D eigenvalue weighted by atomic mass is 31.2. The number of aliphatic hydroxyl groups is 1. The van der Waals surface area contributed by atoms with Crippen molar-refractivity contribution in [3.05, 3.63) is 85.1 Å². The molecule has 0 saturated carbocycles. The van der Waals surface area contributed by atoms with E-state index in [-0.39, 0.29) is 12.8 Å². The van der Waals surface area contributed by atoms with Crippen LogP contribution in [0.25, 0.3) is 0 Å². The van der Waals surface area contributed by atoms with E-state index in [2.05, 4.69) is 42.7 Å². The third-order valence-electron chi connectivity index (χ3n) is 9.72. The maximum atomic E-state index is 12.6. The molecule has 0 saturated heterocycles. The molecule has 0 spiro atoms. The first-order chi connectivity index (χ1) is 30.5. The number of carbonyl (C=O) groups excluding carboxylic acids is 2. The highest BCUT2D eigenvalue weighted by Gasteiger charge is 2.28. The molecule has 4 atom stereocenters. The summed E-state index contributed by atoms with van der Waals surface area (Å²) in [5.74, 6) is -2.52. The standard InChI is InChI=1S/C50H84NO11P/c1-3-5-7-8-9-10-11-12-13-14-15-16-17-20-23-26-29-32-36-40-48(53)59-42-46(43-60-63(57,58)61-44-47(51)50(55)56)62-49(54)41-37-33-30-27-24-21-18-19-22-25-28-31-35-39-45(52)38-34-6-4-2/h6,12-13,19,21-22,24,28,30-31,33-35,39,45-47,52H,3-5,7-11,14-18,20,23,25-27,29,32,36-38,40-44,51H2,1-2H3,(H,55,56)(H,57,58)/b13-12-,22-19-,24-21-,31-28+,33-30-,34-6-,39-35+/t45?,46-,47+/m1/s1. The van der Waals surface area contributed by atoms with Crippen LogP contribution in [-0.2, 0) is 37.5 Å². The van der Waals surface area contributed by atoms with Crippen molar-refractivity contribution >= 4 is 25.7 Å². The number of allylic oxidation sites excluding steroid dienone is 12. The minimum Gasteiger partial charge on any atom is -0.480 e. The van der Waals surface area contributed by atoms with Crippen LogP contribution in [0, 0.1) is 0 Å². The number of nitrogens with two attached hydrogens (primary N) is 1. The van der Waals surface area contributed by atoms with Gasteiger partial charge in [-0.05, 0) is 70.6 Å². The molecule has 63 heavy (non-hydrogen) atoms. The fraction of sp³-hybridized carbons (Fsp3) is 0.660. The molecule has 0 aliphatic carbocycles. The summed E-state index contributed by atoms with van der Waals surface area (Å²) in [7, 11) is -4.75. The molecule has 0 heterocycles. The third-order valence-corrected chi connectivity index (χ3v) is 10.7. The Bertz CT molecular complexity index is 1400. The lowest BCUT2D eigenvalue weighted by atomic mass is 10.1. The summed E-state index contributed by atoms with van der Waals surface area (Å²) in [4.78, 5) is 46.0. The predicted octanol–water partition coefficient (Wildman–Crippen LogP) is 12.0. The monoisotopic (exact) mass is 906 g/mol. The van der Waals surface area contributed by atoms with Gasteiger partial charge in [-0.3, -0.25) is 23.4 Å². The first-order valence-corrected chi connectivity index (χ1v) is 25.2. The second kappa shape index (κ2) is 43.9. The second-order valence-electron chi connectivity index (χ2n) is 15.7. The summed E-state index contributed by atoms with van der Waals surface area (Å²) in [5, 5.41) is 18.8. The first-order valence-electron chi connectivity index (χ1n) is 23.7. The van der Waals surface area contributed by atoms with Gasteiger partial charge in [0.1, 0.15) is 12.6 Å². The number of aliphatic hydroxyl groups excluding tert-OH is 1. The zero-order valence-electron chi connectivity index (χ0n) is 38.7. The Kier molecular flexibility index (Phi) is 41.5. The van der Waals surface area contributed by atoms with Crippen molar-refractivity contribution < 1.29 is 52.6 Å². The fourth-order valence-electron chi connectivity index (χ4n) is 5.99. The molecular formula is C50H84NO11P. The smallest absolute Gasteiger partial charge is 0.472 e. The number of carboxylic acids is 1. The van der Waals surface area contributed by atoms with Gasteiger partial charge in [0.05, 0.1) is 19.3 Å². The molecule has 0 aliphatic rings. The van der Waals surface area contributed by atoms with Gasteiger partial charge in [0, 0.05) is 12.8 Å². The van der Waals surface area contributed by atoms with Gasteiger partial charge in [0.2, 0.25) is 0 Å². The van der Waals surface area contributed by atoms with E-state index in [9.17, 15) is 28.9 Å². The lowest BCUT2D eigenvalue weighted by molar-refractivity contribution is -0.161. The van der Waals surface area contributed by atoms with Gasteiger partial charge in [-0.15, -0.1) is 0 Å². The quantitative estimate of drug-likeness (QED) is 0.0149. The lowest BCUT2D eigenvalue weighted by Gasteiger charge is -2.20. The van der Waals surface area contributed by atoms with Gasteiger partial charge in [-0.25, -0.2) is 4.57 Å². The molecule has 360 valence electrons. The molecule has 0 aliphatic heterocycles. The van der Waals surface area contributed by atoms with Gasteiger partial charge < -0.3 is 30.3 Å². The van der Waals surface area contributed by atoms with Gasteiger partial charge in [0.25, 0.3) is 0 Å². The number of carboxylic acid groups (broad SMARTS) is 1. The molecule has 0 amide bonds. The van der Waals surface area contributed by atoms with E-state index in [1.807, 2.05) is 54.7 Å². The number of rotatable bonds is 43. The summed E-state index contributed by atoms with van der Waals surface area (Å²) in [6.45, 7) is 2.51. The average molecular weight is 906 g/mol. The summed E-state index contributed by atoms with van der Waals surface area (Å²) in [6.07, 6.45) is 51.3. The summed E-state index contributed by atoms with van der Waals surface area (Å²) < 4.78 is 32.7. The summed E-state index contributed by atoms with van der Waals surface area (Å²) in [6, 6.07) is -1.54. The van der Waals surface area contributed by atoms with Crippen LogP contribution >= 0.6 is 7.82 Å². The average Bonchev–Trinajstić information content (AvgIpc) is 3.25. The summed E-state index contributed by atoms with van der Waals surface area (Å²) >= 11 is 0. The van der Waals surface area contributed by atoms with E-state index in [0.29, 0.717) is 25.7 Å². The normalized spacial score (nSPS) is 14.9. The van der Waals surface area contributed by atoms with E-state index >= 15 is 0 Å². The lowest BCUT2D eigenvalue weighted by Crippen LogP contribution is -2.34. The zero-order valence-corrected chi connectivity index (χ0v) is 39.6. The Morgan fingerprint density at radius 3 is 1.70 bits per heavy atom. The van der Waals surface area contributed by atoms with Crippen LogP contribution in [0.1, 0.15) is 174 Å². The Morgan fingerprint density at radius 1 is 0.587 bits per heavy atom. The van der Waals surface area contributed by atoms with Crippen LogP contribution in [0.3, 0.4) is 0 Å². The molecule has 5 N–H and O–H groups in total. The van der Waals surface area contributed by atoms with Crippen molar-refractivity contribution in [2.24, 2.45) is 5.73 Å². The van der Waals surface area contributed by atoms with Gasteiger partial charge >= 0.3 is 25.7 Å². The van der Waals surface area contributed by atoms with Crippen LogP contribution < -0.4 is 5.73 Å².